The topological polar surface area (TPSA) is 83.6 Å². The lowest BCUT2D eigenvalue weighted by molar-refractivity contribution is -0.138. The van der Waals surface area contributed by atoms with Crippen molar-refractivity contribution in [3.63, 3.8) is 0 Å². The molecule has 1 aliphatic rings. The monoisotopic (exact) mass is 275 g/mol. The predicted octanol–water partition coefficient (Wildman–Crippen LogP) is 1.16. The van der Waals surface area contributed by atoms with Gasteiger partial charge in [0.2, 0.25) is 0 Å². The third-order valence-corrected chi connectivity index (χ3v) is 4.01. The molecule has 0 bridgehead atoms. The van der Waals surface area contributed by atoms with E-state index in [0.717, 1.165) is 12.2 Å². The maximum absolute atomic E-state index is 11.1. The molecule has 106 valence electrons. The molecule has 1 saturated carbocycles. The Morgan fingerprint density at radius 1 is 1.50 bits per heavy atom. The van der Waals surface area contributed by atoms with Crippen molar-refractivity contribution < 1.29 is 9.90 Å². The van der Waals surface area contributed by atoms with Gasteiger partial charge >= 0.3 is 5.97 Å². The lowest BCUT2D eigenvalue weighted by Gasteiger charge is -2.22. The summed E-state index contributed by atoms with van der Waals surface area (Å²) in [5.41, 5.74) is 0.694. The zero-order chi connectivity index (χ0) is 14.4. The highest BCUT2D eigenvalue weighted by molar-refractivity contribution is 5.77. The smallest absolute Gasteiger partial charge is 0.326 e. The van der Waals surface area contributed by atoms with Gasteiger partial charge in [0.15, 0.2) is 11.5 Å². The molecule has 0 spiro atoms. The van der Waals surface area contributed by atoms with Crippen LogP contribution >= 0.6 is 0 Å². The molecule has 3 unspecified atom stereocenters. The molecular formula is C13H17N5O2. The van der Waals surface area contributed by atoms with E-state index in [1.165, 1.54) is 0 Å². The molecule has 0 radical (unpaired) electrons. The van der Waals surface area contributed by atoms with Gasteiger partial charge < -0.3 is 10.0 Å². The number of hydrogen-bond acceptors (Lipinski definition) is 5. The number of anilines is 1. The summed E-state index contributed by atoms with van der Waals surface area (Å²) < 4.78 is 1.73. The summed E-state index contributed by atoms with van der Waals surface area (Å²) in [5.74, 6) is 1.61. The number of carboxylic acids is 1. The Morgan fingerprint density at radius 3 is 2.80 bits per heavy atom. The van der Waals surface area contributed by atoms with Crippen molar-refractivity contribution in [2.24, 2.45) is 5.92 Å². The van der Waals surface area contributed by atoms with Crippen molar-refractivity contribution in [2.45, 2.75) is 32.2 Å². The first-order chi connectivity index (χ1) is 9.49. The minimum absolute atomic E-state index is 0.412. The normalized spacial score (nSPS) is 22.8. The largest absolute Gasteiger partial charge is 0.480 e. The molecule has 2 heterocycles. The van der Waals surface area contributed by atoms with E-state index >= 15 is 0 Å². The Kier molecular flexibility index (Phi) is 2.84. The molecule has 3 rings (SSSR count). The van der Waals surface area contributed by atoms with Crippen LogP contribution in [0.3, 0.4) is 0 Å². The van der Waals surface area contributed by atoms with Crippen LogP contribution in [0, 0.1) is 5.92 Å². The number of aromatic nitrogens is 4. The number of likely N-dealkylation sites (N-methyl/N-ethyl adjacent to an activating group) is 1. The standard InChI is InChI=1S/C13H17N5O2/c1-7-6-9(7)12-15-14-10-4-5-11(16-18(10)12)17(3)8(2)13(19)20/h4-5,7-9H,6H2,1-3H3,(H,19,20). The second-order valence-electron chi connectivity index (χ2n) is 5.46. The number of aliphatic carboxylic acids is 1. The lowest BCUT2D eigenvalue weighted by atomic mass is 10.3. The molecule has 1 N–H and O–H groups in total. The summed E-state index contributed by atoms with van der Waals surface area (Å²) in [6, 6.07) is 2.94. The molecule has 3 atom stereocenters. The summed E-state index contributed by atoms with van der Waals surface area (Å²) in [6.07, 6.45) is 1.11. The van der Waals surface area contributed by atoms with Crippen LogP contribution in [0.15, 0.2) is 12.1 Å². The summed E-state index contributed by atoms with van der Waals surface area (Å²) >= 11 is 0. The van der Waals surface area contributed by atoms with Gasteiger partial charge in [-0.05, 0) is 31.4 Å². The van der Waals surface area contributed by atoms with Gasteiger partial charge in [0.25, 0.3) is 0 Å². The van der Waals surface area contributed by atoms with E-state index in [2.05, 4.69) is 22.2 Å². The van der Waals surface area contributed by atoms with Crippen LogP contribution in [0.5, 0.6) is 0 Å². The van der Waals surface area contributed by atoms with E-state index in [0.29, 0.717) is 23.3 Å². The Bertz CT molecular complexity index is 668. The average molecular weight is 275 g/mol. The van der Waals surface area contributed by atoms with E-state index in [1.807, 2.05) is 6.07 Å². The van der Waals surface area contributed by atoms with Crippen LogP contribution in [0.2, 0.25) is 0 Å². The van der Waals surface area contributed by atoms with E-state index in [4.69, 9.17) is 5.11 Å². The quantitative estimate of drug-likeness (QED) is 0.901. The van der Waals surface area contributed by atoms with Crippen molar-refractivity contribution in [1.29, 1.82) is 0 Å². The summed E-state index contributed by atoms with van der Waals surface area (Å²) in [7, 11) is 1.72. The molecule has 2 aromatic heterocycles. The first-order valence-electron chi connectivity index (χ1n) is 6.67. The fourth-order valence-corrected chi connectivity index (χ4v) is 2.26. The SMILES string of the molecule is CC1CC1c1nnc2ccc(N(C)C(C)C(=O)O)nn12. The zero-order valence-corrected chi connectivity index (χ0v) is 11.7. The summed E-state index contributed by atoms with van der Waals surface area (Å²) in [6.45, 7) is 3.80. The summed E-state index contributed by atoms with van der Waals surface area (Å²) in [5, 5.41) is 21.9. The third kappa shape index (κ3) is 1.99. The molecule has 0 saturated heterocycles. The maximum Gasteiger partial charge on any atom is 0.326 e. The highest BCUT2D eigenvalue weighted by atomic mass is 16.4. The molecule has 0 aliphatic heterocycles. The molecule has 0 aromatic carbocycles. The Labute approximate surface area is 116 Å². The second kappa shape index (κ2) is 4.43. The Balaban J connectivity index is 1.99. The van der Waals surface area contributed by atoms with Crippen LogP contribution in [-0.4, -0.2) is 44.0 Å². The highest BCUT2D eigenvalue weighted by Gasteiger charge is 2.38. The van der Waals surface area contributed by atoms with Gasteiger partial charge in [-0.25, -0.2) is 4.79 Å². The van der Waals surface area contributed by atoms with Crippen molar-refractivity contribution >= 4 is 17.4 Å². The molecule has 0 amide bonds. The lowest BCUT2D eigenvalue weighted by Crippen LogP contribution is -2.36. The first-order valence-corrected chi connectivity index (χ1v) is 6.67. The van der Waals surface area contributed by atoms with Crippen molar-refractivity contribution in [3.05, 3.63) is 18.0 Å². The van der Waals surface area contributed by atoms with Crippen molar-refractivity contribution in [2.75, 3.05) is 11.9 Å². The molecule has 2 aromatic rings. The number of rotatable bonds is 4. The van der Waals surface area contributed by atoms with E-state index < -0.39 is 12.0 Å². The van der Waals surface area contributed by atoms with Crippen molar-refractivity contribution in [1.82, 2.24) is 19.8 Å². The number of carbonyl (C=O) groups is 1. The molecular weight excluding hydrogens is 258 g/mol. The van der Waals surface area contributed by atoms with Gasteiger partial charge in [0.05, 0.1) is 0 Å². The fraction of sp³-hybridized carbons (Fsp3) is 0.538. The third-order valence-electron chi connectivity index (χ3n) is 4.01. The molecule has 1 aliphatic carbocycles. The van der Waals surface area contributed by atoms with Crippen molar-refractivity contribution in [3.8, 4) is 0 Å². The van der Waals surface area contributed by atoms with Gasteiger partial charge in [0.1, 0.15) is 11.9 Å². The van der Waals surface area contributed by atoms with Crippen LogP contribution in [-0.2, 0) is 4.79 Å². The maximum atomic E-state index is 11.1. The predicted molar refractivity (Wildman–Crippen MR) is 72.8 cm³/mol. The zero-order valence-electron chi connectivity index (χ0n) is 11.7. The first kappa shape index (κ1) is 12.8. The number of hydrogen-bond donors (Lipinski definition) is 1. The van der Waals surface area contributed by atoms with Crippen LogP contribution < -0.4 is 4.90 Å². The number of nitrogens with zero attached hydrogens (tertiary/aromatic N) is 5. The molecule has 7 heteroatoms. The average Bonchev–Trinajstić information content (AvgIpc) is 3.01. The Morgan fingerprint density at radius 2 is 2.20 bits per heavy atom. The van der Waals surface area contributed by atoms with Gasteiger partial charge in [-0.1, -0.05) is 6.92 Å². The number of fused-ring (bicyclic) bond motifs is 1. The highest BCUT2D eigenvalue weighted by Crippen LogP contribution is 2.45. The van der Waals surface area contributed by atoms with Gasteiger partial charge in [-0.3, -0.25) is 0 Å². The number of carboxylic acid groups (broad SMARTS) is 1. The molecule has 1 fully saturated rings. The van der Waals surface area contributed by atoms with E-state index in [1.54, 1.807) is 29.5 Å². The van der Waals surface area contributed by atoms with Crippen LogP contribution in [0.1, 0.15) is 32.0 Å². The molecule has 7 nitrogen and oxygen atoms in total. The van der Waals surface area contributed by atoms with E-state index in [9.17, 15) is 4.79 Å². The molecule has 20 heavy (non-hydrogen) atoms. The second-order valence-corrected chi connectivity index (χ2v) is 5.46. The van der Waals surface area contributed by atoms with E-state index in [-0.39, 0.29) is 0 Å². The van der Waals surface area contributed by atoms with Crippen LogP contribution in [0.4, 0.5) is 5.82 Å². The van der Waals surface area contributed by atoms with Gasteiger partial charge in [-0.2, -0.15) is 4.52 Å². The Hall–Kier alpha value is -2.18. The minimum Gasteiger partial charge on any atom is -0.480 e. The minimum atomic E-state index is -0.880. The summed E-state index contributed by atoms with van der Waals surface area (Å²) in [4.78, 5) is 12.7. The van der Waals surface area contributed by atoms with Gasteiger partial charge in [0, 0.05) is 13.0 Å². The fourth-order valence-electron chi connectivity index (χ4n) is 2.26. The van der Waals surface area contributed by atoms with Gasteiger partial charge in [-0.15, -0.1) is 15.3 Å². The van der Waals surface area contributed by atoms with Crippen LogP contribution in [0.25, 0.3) is 5.65 Å².